The highest BCUT2D eigenvalue weighted by Gasteiger charge is 2.19. The molecule has 0 bridgehead atoms. The molecule has 0 aliphatic heterocycles. The molecule has 8 heteroatoms. The summed E-state index contributed by atoms with van der Waals surface area (Å²) in [6, 6.07) is 10.7. The van der Waals surface area contributed by atoms with Gasteiger partial charge in [0.05, 0.1) is 0 Å². The molecule has 0 atom stereocenters. The topological polar surface area (TPSA) is 86.0 Å². The first kappa shape index (κ1) is 34.6. The lowest BCUT2D eigenvalue weighted by molar-refractivity contribution is 0.924. The summed E-state index contributed by atoms with van der Waals surface area (Å²) in [4.78, 5) is 22.5. The summed E-state index contributed by atoms with van der Waals surface area (Å²) in [5.74, 6) is 0. The van der Waals surface area contributed by atoms with E-state index in [1.807, 2.05) is 57.2 Å². The molecule has 0 fully saturated rings. The van der Waals surface area contributed by atoms with Crippen LogP contribution in [0.25, 0.3) is 33.8 Å². The summed E-state index contributed by atoms with van der Waals surface area (Å²) < 4.78 is 0. The van der Waals surface area contributed by atoms with Gasteiger partial charge < -0.3 is 15.0 Å². The van der Waals surface area contributed by atoms with E-state index in [2.05, 4.69) is 80.3 Å². The van der Waals surface area contributed by atoms with Crippen molar-refractivity contribution in [3.63, 3.8) is 0 Å². The van der Waals surface area contributed by atoms with Gasteiger partial charge in [0.25, 0.3) is 0 Å². The van der Waals surface area contributed by atoms with Gasteiger partial charge in [-0.25, -0.2) is 0 Å². The Hall–Kier alpha value is -3.25. The third-order valence-electron chi connectivity index (χ3n) is 8.57. The molecule has 0 amide bonds. The zero-order valence-electron chi connectivity index (χ0n) is 26.4. The van der Waals surface area contributed by atoms with E-state index in [-0.39, 0.29) is 48.0 Å². The van der Waals surface area contributed by atoms with Gasteiger partial charge >= 0.3 is 0 Å². The van der Waals surface area contributed by atoms with E-state index >= 15 is 0 Å². The van der Waals surface area contributed by atoms with Crippen molar-refractivity contribution < 1.29 is 0 Å². The summed E-state index contributed by atoms with van der Waals surface area (Å²) in [5.41, 5.74) is 18.9. The Morgan fingerprint density at radius 3 is 1.69 bits per heavy atom. The first-order valence-corrected chi connectivity index (χ1v) is 15.5. The van der Waals surface area contributed by atoms with E-state index in [1.165, 1.54) is 78.4 Å². The summed E-state index contributed by atoms with van der Waals surface area (Å²) in [7, 11) is 0. The predicted molar refractivity (Wildman–Crippen MR) is 206 cm³/mol. The van der Waals surface area contributed by atoms with Crippen molar-refractivity contribution in [2.75, 3.05) is 0 Å². The van der Waals surface area contributed by atoms with E-state index in [4.69, 9.17) is 0 Å². The molecule has 0 aromatic carbocycles. The minimum atomic E-state index is 0. The van der Waals surface area contributed by atoms with Crippen LogP contribution in [0.1, 0.15) is 58.5 Å². The molecule has 6 heterocycles. The average molecular weight is 825 g/mol. The number of fused-ring (bicyclic) bond motifs is 9. The molecule has 234 valence electrons. The van der Waals surface area contributed by atoms with Crippen molar-refractivity contribution in [1.82, 2.24) is 29.9 Å². The van der Waals surface area contributed by atoms with Gasteiger partial charge in [0.2, 0.25) is 0 Å². The van der Waals surface area contributed by atoms with E-state index in [9.17, 15) is 0 Å². The van der Waals surface area contributed by atoms with E-state index in [0.717, 1.165) is 38.5 Å². The lowest BCUT2D eigenvalue weighted by atomic mass is 9.90. The molecule has 0 saturated heterocycles. The molecular formula is C37H42I2N6. The van der Waals surface area contributed by atoms with Crippen molar-refractivity contribution in [2.24, 2.45) is 0 Å². The number of halogens is 2. The molecule has 6 aromatic heterocycles. The third-order valence-corrected chi connectivity index (χ3v) is 8.57. The summed E-state index contributed by atoms with van der Waals surface area (Å²) in [6.07, 6.45) is 22.4. The number of nitrogens with zero attached hydrogens (tertiary/aromatic N) is 3. The lowest BCUT2D eigenvalue weighted by Gasteiger charge is -2.15. The molecule has 0 unspecified atom stereocenters. The Morgan fingerprint density at radius 2 is 1.07 bits per heavy atom. The van der Waals surface area contributed by atoms with E-state index < -0.39 is 0 Å². The van der Waals surface area contributed by atoms with Gasteiger partial charge in [0.15, 0.2) is 0 Å². The monoisotopic (exact) mass is 824 g/mol. The van der Waals surface area contributed by atoms with Crippen molar-refractivity contribution in [1.29, 1.82) is 0 Å². The van der Waals surface area contributed by atoms with Crippen LogP contribution in [0.5, 0.6) is 0 Å². The van der Waals surface area contributed by atoms with Crippen molar-refractivity contribution in [3.05, 3.63) is 125 Å². The minimum absolute atomic E-state index is 0. The van der Waals surface area contributed by atoms with Gasteiger partial charge in [-0.05, 0) is 122 Å². The molecular weight excluding hydrogens is 782 g/mol. The highest BCUT2D eigenvalue weighted by Crippen LogP contribution is 2.34. The van der Waals surface area contributed by atoms with Crippen LogP contribution in [-0.2, 0) is 38.5 Å². The van der Waals surface area contributed by atoms with Crippen LogP contribution in [0.2, 0.25) is 0 Å². The van der Waals surface area contributed by atoms with Crippen molar-refractivity contribution in [3.8, 4) is 33.8 Å². The zero-order valence-corrected chi connectivity index (χ0v) is 31.1. The Morgan fingerprint density at radius 1 is 0.556 bits per heavy atom. The van der Waals surface area contributed by atoms with Crippen LogP contribution >= 0.6 is 48.0 Å². The number of aromatic amines is 3. The van der Waals surface area contributed by atoms with Crippen LogP contribution < -0.4 is 0 Å². The average Bonchev–Trinajstić information content (AvgIpc) is 3.81. The Balaban J connectivity index is 0.000000146. The van der Waals surface area contributed by atoms with Gasteiger partial charge in [-0.2, -0.15) is 0 Å². The quantitative estimate of drug-likeness (QED) is 0.134. The summed E-state index contributed by atoms with van der Waals surface area (Å²) in [6.45, 7) is 8.28. The van der Waals surface area contributed by atoms with Gasteiger partial charge in [0, 0.05) is 89.0 Å². The standard InChI is InChI=1S/2C12H12N2.C11H10N2.C2H6.2HI/c1-8-6-14-12-10(8)3-2-9-7-13-5-4-11(9)12;1-8-6-9-2-3-10-7-13-5-4-11(10)12(9)14-8;1-2-9-7-12-5-4-10(9)11-8(1)3-6-13-11;1-2;;/h2*4-7,14H,2-3H2,1H3;3-7,13H,1-2H2;1-2H3;2*1H. The molecule has 3 aliphatic rings. The Kier molecular flexibility index (Phi) is 12.2. The normalized spacial score (nSPS) is 12.4. The minimum Gasteiger partial charge on any atom is -0.361 e. The van der Waals surface area contributed by atoms with Gasteiger partial charge in [-0.3, -0.25) is 15.0 Å². The van der Waals surface area contributed by atoms with Gasteiger partial charge in [-0.15, -0.1) is 48.0 Å². The lowest BCUT2D eigenvalue weighted by Crippen LogP contribution is -2.03. The molecule has 0 radical (unpaired) electrons. The molecule has 6 nitrogen and oxygen atoms in total. The molecule has 9 rings (SSSR count). The number of aryl methyl sites for hydroxylation is 7. The first-order chi connectivity index (χ1) is 21.2. The number of hydrogen-bond donors (Lipinski definition) is 3. The second kappa shape index (κ2) is 15.8. The van der Waals surface area contributed by atoms with E-state index in [0.29, 0.717) is 0 Å². The number of rotatable bonds is 0. The Labute approximate surface area is 300 Å². The fraction of sp³-hybridized carbons (Fsp3) is 0.270. The number of aromatic nitrogens is 6. The molecule has 6 aromatic rings. The maximum Gasteiger partial charge on any atom is 0.0493 e. The zero-order chi connectivity index (χ0) is 29.8. The molecule has 3 N–H and O–H groups in total. The van der Waals surface area contributed by atoms with Gasteiger partial charge in [0.1, 0.15) is 0 Å². The van der Waals surface area contributed by atoms with Crippen molar-refractivity contribution in [2.45, 2.75) is 66.2 Å². The Bertz CT molecular complexity index is 1810. The second-order valence-electron chi connectivity index (χ2n) is 11.2. The molecule has 0 saturated carbocycles. The maximum absolute atomic E-state index is 4.16. The fourth-order valence-corrected chi connectivity index (χ4v) is 6.47. The molecule has 45 heavy (non-hydrogen) atoms. The van der Waals surface area contributed by atoms with Crippen LogP contribution in [0, 0.1) is 13.8 Å². The summed E-state index contributed by atoms with van der Waals surface area (Å²) in [5, 5.41) is 0. The van der Waals surface area contributed by atoms with Crippen LogP contribution in [0.4, 0.5) is 0 Å². The maximum atomic E-state index is 4.16. The van der Waals surface area contributed by atoms with Crippen LogP contribution in [-0.4, -0.2) is 29.9 Å². The number of hydrogen-bond acceptors (Lipinski definition) is 3. The van der Waals surface area contributed by atoms with Gasteiger partial charge in [-0.1, -0.05) is 13.8 Å². The van der Waals surface area contributed by atoms with Crippen LogP contribution in [0.15, 0.2) is 79.9 Å². The first-order valence-electron chi connectivity index (χ1n) is 15.5. The predicted octanol–water partition coefficient (Wildman–Crippen LogP) is 9.40. The number of nitrogens with one attached hydrogen (secondary N) is 3. The fourth-order valence-electron chi connectivity index (χ4n) is 6.47. The molecule has 0 spiro atoms. The van der Waals surface area contributed by atoms with Crippen LogP contribution in [0.3, 0.4) is 0 Å². The smallest absolute Gasteiger partial charge is 0.0493 e. The summed E-state index contributed by atoms with van der Waals surface area (Å²) >= 11 is 0. The number of H-pyrrole nitrogens is 3. The number of pyridine rings is 3. The highest BCUT2D eigenvalue weighted by atomic mass is 127. The molecule has 3 aliphatic carbocycles. The SMILES string of the molecule is CC.Cc1c[nH]c2c1CCc1cnccc1-2.Cc1cc2c([nH]1)-c1ccncc1CC2.I.I.c1cc2c(cn1)CCc1cc[nH]c1-2. The second-order valence-corrected chi connectivity index (χ2v) is 11.2. The third kappa shape index (κ3) is 7.27. The largest absolute Gasteiger partial charge is 0.361 e. The van der Waals surface area contributed by atoms with Crippen molar-refractivity contribution >= 4 is 48.0 Å². The van der Waals surface area contributed by atoms with E-state index in [1.54, 1.807) is 0 Å². The highest BCUT2D eigenvalue weighted by molar-refractivity contribution is 14.0.